The molecule has 2 aromatic carbocycles. The van der Waals surface area contributed by atoms with Crippen LogP contribution in [0.3, 0.4) is 0 Å². The van der Waals surface area contributed by atoms with Gasteiger partial charge in [-0.05, 0) is 42.8 Å². The van der Waals surface area contributed by atoms with Crippen LogP contribution in [0.5, 0.6) is 5.75 Å². The van der Waals surface area contributed by atoms with Gasteiger partial charge in [0.15, 0.2) is 0 Å². The van der Waals surface area contributed by atoms with Gasteiger partial charge in [0.25, 0.3) is 0 Å². The van der Waals surface area contributed by atoms with Crippen molar-refractivity contribution in [2.75, 3.05) is 40.3 Å². The number of methoxy groups -OCH3 is 1. The maximum absolute atomic E-state index is 5.47. The Bertz CT molecular complexity index is 725. The molecule has 0 aliphatic carbocycles. The van der Waals surface area contributed by atoms with Gasteiger partial charge in [0.2, 0.25) is 0 Å². The second-order valence-corrected chi connectivity index (χ2v) is 7.76. The van der Waals surface area contributed by atoms with Crippen LogP contribution in [0, 0.1) is 0 Å². The number of piperazine rings is 1. The highest BCUT2D eigenvalue weighted by Gasteiger charge is 2.29. The van der Waals surface area contributed by atoms with E-state index in [0.29, 0.717) is 6.04 Å². The Hall–Kier alpha value is -1.49. The molecule has 1 atom stereocenters. The van der Waals surface area contributed by atoms with Crippen LogP contribution in [-0.2, 0) is 6.42 Å². The van der Waals surface area contributed by atoms with Gasteiger partial charge < -0.3 is 9.64 Å². The number of likely N-dealkylation sites (N-methyl/N-ethyl adjacent to an activating group) is 1. The standard InChI is InChI=1S/C20H24N2OS/c1-21-9-11-22(12-10-21)18-13-15-5-3-4-6-19(15)24-20-14-16(23-2)7-8-17(18)20/h3-8,14,18H,9-13H2,1-2H3. The van der Waals surface area contributed by atoms with Crippen molar-refractivity contribution in [3.8, 4) is 5.75 Å². The molecule has 0 aromatic heterocycles. The van der Waals surface area contributed by atoms with Gasteiger partial charge in [0, 0.05) is 42.0 Å². The third-order valence-corrected chi connectivity index (χ3v) is 6.36. The summed E-state index contributed by atoms with van der Waals surface area (Å²) in [7, 11) is 3.96. The van der Waals surface area contributed by atoms with Gasteiger partial charge in [-0.3, -0.25) is 4.90 Å². The van der Waals surface area contributed by atoms with Crippen LogP contribution in [0.2, 0.25) is 0 Å². The van der Waals surface area contributed by atoms with Crippen molar-refractivity contribution in [2.45, 2.75) is 22.3 Å². The second kappa shape index (κ2) is 6.79. The number of nitrogens with zero attached hydrogens (tertiary/aromatic N) is 2. The number of rotatable bonds is 2. The zero-order valence-corrected chi connectivity index (χ0v) is 15.2. The number of hydrogen-bond donors (Lipinski definition) is 0. The molecule has 0 saturated carbocycles. The third kappa shape index (κ3) is 3.06. The first-order chi connectivity index (χ1) is 11.7. The molecule has 2 heterocycles. The highest BCUT2D eigenvalue weighted by atomic mass is 32.2. The van der Waals surface area contributed by atoms with E-state index in [0.717, 1.165) is 38.3 Å². The van der Waals surface area contributed by atoms with Crippen molar-refractivity contribution in [3.63, 3.8) is 0 Å². The summed E-state index contributed by atoms with van der Waals surface area (Å²) < 4.78 is 5.47. The van der Waals surface area contributed by atoms with E-state index >= 15 is 0 Å². The second-order valence-electron chi connectivity index (χ2n) is 6.67. The summed E-state index contributed by atoms with van der Waals surface area (Å²) in [6.07, 6.45) is 1.09. The van der Waals surface area contributed by atoms with Gasteiger partial charge in [0.05, 0.1) is 7.11 Å². The summed E-state index contributed by atoms with van der Waals surface area (Å²) in [6.45, 7) is 4.58. The fourth-order valence-electron chi connectivity index (χ4n) is 3.67. The summed E-state index contributed by atoms with van der Waals surface area (Å²) in [5.41, 5.74) is 2.91. The fraction of sp³-hybridized carbons (Fsp3) is 0.400. The van der Waals surface area contributed by atoms with E-state index in [1.807, 2.05) is 11.8 Å². The topological polar surface area (TPSA) is 15.7 Å². The summed E-state index contributed by atoms with van der Waals surface area (Å²) in [6, 6.07) is 15.9. The van der Waals surface area contributed by atoms with Crippen molar-refractivity contribution >= 4 is 11.8 Å². The largest absolute Gasteiger partial charge is 0.497 e. The molecule has 1 fully saturated rings. The predicted molar refractivity (Wildman–Crippen MR) is 99.1 cm³/mol. The lowest BCUT2D eigenvalue weighted by Gasteiger charge is -2.38. The molecule has 2 aliphatic heterocycles. The van der Waals surface area contributed by atoms with E-state index < -0.39 is 0 Å². The predicted octanol–water partition coefficient (Wildman–Crippen LogP) is 3.69. The molecule has 2 aromatic rings. The van der Waals surface area contributed by atoms with E-state index in [1.165, 1.54) is 20.9 Å². The van der Waals surface area contributed by atoms with Crippen molar-refractivity contribution in [1.82, 2.24) is 9.80 Å². The van der Waals surface area contributed by atoms with Gasteiger partial charge in [0.1, 0.15) is 5.75 Å². The molecule has 3 nitrogen and oxygen atoms in total. The van der Waals surface area contributed by atoms with Crippen molar-refractivity contribution < 1.29 is 4.74 Å². The lowest BCUT2D eigenvalue weighted by atomic mass is 9.96. The molecular formula is C20H24N2OS. The van der Waals surface area contributed by atoms with Gasteiger partial charge in [-0.1, -0.05) is 36.0 Å². The van der Waals surface area contributed by atoms with Crippen LogP contribution in [0.4, 0.5) is 0 Å². The Labute approximate surface area is 148 Å². The molecule has 24 heavy (non-hydrogen) atoms. The SMILES string of the molecule is COc1ccc2c(c1)Sc1ccccc1CC2N1CCN(C)CC1. The van der Waals surface area contributed by atoms with Gasteiger partial charge in [-0.15, -0.1) is 0 Å². The average Bonchev–Trinajstić information content (AvgIpc) is 2.78. The Morgan fingerprint density at radius 3 is 2.58 bits per heavy atom. The Morgan fingerprint density at radius 1 is 1.00 bits per heavy atom. The number of ether oxygens (including phenoxy) is 1. The smallest absolute Gasteiger partial charge is 0.120 e. The summed E-state index contributed by atoms with van der Waals surface area (Å²) in [4.78, 5) is 7.80. The number of fused-ring (bicyclic) bond motifs is 2. The van der Waals surface area contributed by atoms with Crippen molar-refractivity contribution in [1.29, 1.82) is 0 Å². The average molecular weight is 340 g/mol. The maximum atomic E-state index is 5.47. The summed E-state index contributed by atoms with van der Waals surface area (Å²) in [5, 5.41) is 0. The first-order valence-corrected chi connectivity index (χ1v) is 9.42. The van der Waals surface area contributed by atoms with E-state index in [4.69, 9.17) is 4.74 Å². The molecular weight excluding hydrogens is 316 g/mol. The third-order valence-electron chi connectivity index (χ3n) is 5.16. The minimum absolute atomic E-state index is 0.454. The van der Waals surface area contributed by atoms with Crippen molar-refractivity contribution in [2.24, 2.45) is 0 Å². The Balaban J connectivity index is 1.75. The summed E-state index contributed by atoms with van der Waals surface area (Å²) in [5.74, 6) is 0.942. The molecule has 0 radical (unpaired) electrons. The normalized spacial score (nSPS) is 21.7. The molecule has 4 rings (SSSR count). The van der Waals surface area contributed by atoms with Crippen LogP contribution in [0.25, 0.3) is 0 Å². The Kier molecular flexibility index (Phi) is 4.53. The van der Waals surface area contributed by atoms with Crippen LogP contribution in [0.15, 0.2) is 52.3 Å². The summed E-state index contributed by atoms with van der Waals surface area (Å²) >= 11 is 1.88. The quantitative estimate of drug-likeness (QED) is 0.828. The highest BCUT2D eigenvalue weighted by Crippen LogP contribution is 2.44. The number of hydrogen-bond acceptors (Lipinski definition) is 4. The van der Waals surface area contributed by atoms with Gasteiger partial charge in [-0.2, -0.15) is 0 Å². The van der Waals surface area contributed by atoms with Crippen LogP contribution in [0.1, 0.15) is 17.2 Å². The molecule has 0 spiro atoms. The zero-order valence-electron chi connectivity index (χ0n) is 14.4. The van der Waals surface area contributed by atoms with Gasteiger partial charge in [-0.25, -0.2) is 0 Å². The zero-order chi connectivity index (χ0) is 16.5. The minimum atomic E-state index is 0.454. The molecule has 1 saturated heterocycles. The van der Waals surface area contributed by atoms with Crippen molar-refractivity contribution in [3.05, 3.63) is 53.6 Å². The fourth-order valence-corrected chi connectivity index (χ4v) is 4.84. The molecule has 0 amide bonds. The first-order valence-electron chi connectivity index (χ1n) is 8.61. The highest BCUT2D eigenvalue weighted by molar-refractivity contribution is 7.99. The van der Waals surface area contributed by atoms with Crippen LogP contribution >= 0.6 is 11.8 Å². The molecule has 1 unspecified atom stereocenters. The molecule has 4 heteroatoms. The lowest BCUT2D eigenvalue weighted by Crippen LogP contribution is -2.46. The minimum Gasteiger partial charge on any atom is -0.497 e. The molecule has 0 N–H and O–H groups in total. The van der Waals surface area contributed by atoms with Crippen LogP contribution < -0.4 is 4.74 Å². The lowest BCUT2D eigenvalue weighted by molar-refractivity contribution is 0.110. The maximum Gasteiger partial charge on any atom is 0.120 e. The molecule has 0 bridgehead atoms. The van der Waals surface area contributed by atoms with E-state index in [1.54, 1.807) is 7.11 Å². The van der Waals surface area contributed by atoms with E-state index in [9.17, 15) is 0 Å². The number of benzene rings is 2. The Morgan fingerprint density at radius 2 is 1.79 bits per heavy atom. The van der Waals surface area contributed by atoms with Crippen LogP contribution in [-0.4, -0.2) is 50.1 Å². The van der Waals surface area contributed by atoms with E-state index in [-0.39, 0.29) is 0 Å². The molecule has 2 aliphatic rings. The monoisotopic (exact) mass is 340 g/mol. The van der Waals surface area contributed by atoms with E-state index in [2.05, 4.69) is 59.3 Å². The molecule has 126 valence electrons. The first kappa shape index (κ1) is 16.0. The van der Waals surface area contributed by atoms with Gasteiger partial charge >= 0.3 is 0 Å².